The fourth-order valence-corrected chi connectivity index (χ4v) is 2.44. The highest BCUT2D eigenvalue weighted by Gasteiger charge is 2.12. The molecule has 1 N–H and O–H groups in total. The molecule has 4 nitrogen and oxygen atoms in total. The van der Waals surface area contributed by atoms with Gasteiger partial charge in [0.2, 0.25) is 5.91 Å². The summed E-state index contributed by atoms with van der Waals surface area (Å²) in [6.07, 6.45) is 3.28. The molecular weight excluding hydrogens is 286 g/mol. The molecule has 0 aromatic heterocycles. The lowest BCUT2D eigenvalue weighted by Crippen LogP contribution is -2.46. The SMILES string of the molecule is CN1CCN(CCNC(=O)/C=C/c2ccccc2Cl)CC1. The van der Waals surface area contributed by atoms with Gasteiger partial charge in [-0.3, -0.25) is 9.69 Å². The molecule has 0 aliphatic carbocycles. The normalized spacial score (nSPS) is 17.2. The average Bonchev–Trinajstić information content (AvgIpc) is 2.48. The van der Waals surface area contributed by atoms with Crippen molar-refractivity contribution in [3.05, 3.63) is 40.9 Å². The van der Waals surface area contributed by atoms with Gasteiger partial charge in [0.15, 0.2) is 0 Å². The Morgan fingerprint density at radius 1 is 1.29 bits per heavy atom. The molecule has 21 heavy (non-hydrogen) atoms. The Hall–Kier alpha value is -1.36. The molecule has 1 amide bonds. The molecule has 1 aromatic rings. The zero-order valence-corrected chi connectivity index (χ0v) is 13.1. The maximum absolute atomic E-state index is 11.8. The molecule has 1 aliphatic heterocycles. The Labute approximate surface area is 131 Å². The fourth-order valence-electron chi connectivity index (χ4n) is 2.24. The number of rotatable bonds is 5. The van der Waals surface area contributed by atoms with Crippen molar-refractivity contribution in [3.8, 4) is 0 Å². The van der Waals surface area contributed by atoms with E-state index in [2.05, 4.69) is 22.2 Å². The third-order valence-electron chi connectivity index (χ3n) is 3.64. The van der Waals surface area contributed by atoms with E-state index in [1.165, 1.54) is 6.08 Å². The van der Waals surface area contributed by atoms with Crippen molar-refractivity contribution in [1.29, 1.82) is 0 Å². The van der Waals surface area contributed by atoms with Crippen LogP contribution in [-0.2, 0) is 4.79 Å². The molecule has 0 unspecified atom stereocenters. The minimum absolute atomic E-state index is 0.0796. The highest BCUT2D eigenvalue weighted by Crippen LogP contribution is 2.15. The van der Waals surface area contributed by atoms with Crippen LogP contribution in [0.2, 0.25) is 5.02 Å². The van der Waals surface area contributed by atoms with Gasteiger partial charge in [0, 0.05) is 50.4 Å². The lowest BCUT2D eigenvalue weighted by molar-refractivity contribution is -0.116. The summed E-state index contributed by atoms with van der Waals surface area (Å²) in [7, 11) is 2.14. The molecule has 5 heteroatoms. The second-order valence-electron chi connectivity index (χ2n) is 5.29. The van der Waals surface area contributed by atoms with Gasteiger partial charge >= 0.3 is 0 Å². The second kappa shape index (κ2) is 8.17. The van der Waals surface area contributed by atoms with Crippen LogP contribution in [0.3, 0.4) is 0 Å². The number of halogens is 1. The van der Waals surface area contributed by atoms with Crippen LogP contribution < -0.4 is 5.32 Å². The first-order valence-electron chi connectivity index (χ1n) is 7.26. The number of nitrogens with zero attached hydrogens (tertiary/aromatic N) is 2. The Morgan fingerprint density at radius 2 is 2.00 bits per heavy atom. The molecule has 0 atom stereocenters. The number of likely N-dealkylation sites (N-methyl/N-ethyl adjacent to an activating group) is 1. The van der Waals surface area contributed by atoms with Crippen molar-refractivity contribution in [2.45, 2.75) is 0 Å². The van der Waals surface area contributed by atoms with Crippen molar-refractivity contribution in [2.75, 3.05) is 46.3 Å². The largest absolute Gasteiger partial charge is 0.351 e. The number of hydrogen-bond acceptors (Lipinski definition) is 3. The maximum atomic E-state index is 11.8. The quantitative estimate of drug-likeness (QED) is 0.841. The van der Waals surface area contributed by atoms with E-state index < -0.39 is 0 Å². The van der Waals surface area contributed by atoms with E-state index in [9.17, 15) is 4.79 Å². The molecule has 1 saturated heterocycles. The van der Waals surface area contributed by atoms with Gasteiger partial charge in [-0.05, 0) is 24.8 Å². The first kappa shape index (κ1) is 16.0. The van der Waals surface area contributed by atoms with E-state index in [4.69, 9.17) is 11.6 Å². The molecule has 0 saturated carbocycles. The third kappa shape index (κ3) is 5.50. The number of hydrogen-bond donors (Lipinski definition) is 1. The van der Waals surface area contributed by atoms with Gasteiger partial charge in [-0.1, -0.05) is 29.8 Å². The van der Waals surface area contributed by atoms with Crippen molar-refractivity contribution in [1.82, 2.24) is 15.1 Å². The van der Waals surface area contributed by atoms with Crippen molar-refractivity contribution >= 4 is 23.6 Å². The summed E-state index contributed by atoms with van der Waals surface area (Å²) < 4.78 is 0. The van der Waals surface area contributed by atoms with Gasteiger partial charge in [0.25, 0.3) is 0 Å². The molecule has 0 spiro atoms. The highest BCUT2D eigenvalue weighted by atomic mass is 35.5. The van der Waals surface area contributed by atoms with Crippen LogP contribution in [0.25, 0.3) is 6.08 Å². The first-order valence-corrected chi connectivity index (χ1v) is 7.64. The van der Waals surface area contributed by atoms with E-state index in [0.29, 0.717) is 11.6 Å². The van der Waals surface area contributed by atoms with E-state index in [-0.39, 0.29) is 5.91 Å². The van der Waals surface area contributed by atoms with Gasteiger partial charge in [-0.25, -0.2) is 0 Å². The smallest absolute Gasteiger partial charge is 0.244 e. The number of carbonyl (C=O) groups excluding carboxylic acids is 1. The van der Waals surface area contributed by atoms with Gasteiger partial charge < -0.3 is 10.2 Å². The third-order valence-corrected chi connectivity index (χ3v) is 3.99. The molecule has 2 rings (SSSR count). The zero-order chi connectivity index (χ0) is 15.1. The molecule has 114 valence electrons. The van der Waals surface area contributed by atoms with Gasteiger partial charge in [0.05, 0.1) is 0 Å². The van der Waals surface area contributed by atoms with E-state index in [0.717, 1.165) is 38.3 Å². The van der Waals surface area contributed by atoms with E-state index >= 15 is 0 Å². The summed E-state index contributed by atoms with van der Waals surface area (Å²) in [6.45, 7) is 5.92. The summed E-state index contributed by atoms with van der Waals surface area (Å²) in [4.78, 5) is 16.4. The zero-order valence-electron chi connectivity index (χ0n) is 12.4. The number of nitrogens with one attached hydrogen (secondary N) is 1. The highest BCUT2D eigenvalue weighted by molar-refractivity contribution is 6.32. The Morgan fingerprint density at radius 3 is 2.71 bits per heavy atom. The van der Waals surface area contributed by atoms with Crippen LogP contribution >= 0.6 is 11.6 Å². The summed E-state index contributed by atoms with van der Waals surface area (Å²) in [5.41, 5.74) is 0.855. The Kier molecular flexibility index (Phi) is 6.23. The van der Waals surface area contributed by atoms with Gasteiger partial charge in [-0.2, -0.15) is 0 Å². The topological polar surface area (TPSA) is 35.6 Å². The van der Waals surface area contributed by atoms with Crippen molar-refractivity contribution in [2.24, 2.45) is 0 Å². The first-order chi connectivity index (χ1) is 10.1. The van der Waals surface area contributed by atoms with E-state index in [1.54, 1.807) is 6.08 Å². The molecule has 0 bridgehead atoms. The minimum Gasteiger partial charge on any atom is -0.351 e. The van der Waals surface area contributed by atoms with Crippen LogP contribution in [0.15, 0.2) is 30.3 Å². The van der Waals surface area contributed by atoms with Crippen LogP contribution in [0.5, 0.6) is 0 Å². The van der Waals surface area contributed by atoms with Gasteiger partial charge in [0.1, 0.15) is 0 Å². The van der Waals surface area contributed by atoms with Crippen molar-refractivity contribution in [3.63, 3.8) is 0 Å². The summed E-state index contributed by atoms with van der Waals surface area (Å²) in [6, 6.07) is 7.47. The Bertz CT molecular complexity index is 496. The van der Waals surface area contributed by atoms with Crippen LogP contribution in [0, 0.1) is 0 Å². The van der Waals surface area contributed by atoms with Crippen molar-refractivity contribution < 1.29 is 4.79 Å². The van der Waals surface area contributed by atoms with Crippen LogP contribution in [-0.4, -0.2) is 62.0 Å². The molecular formula is C16H22ClN3O. The lowest BCUT2D eigenvalue weighted by atomic mass is 10.2. The fraction of sp³-hybridized carbons (Fsp3) is 0.438. The molecule has 1 heterocycles. The number of carbonyl (C=O) groups is 1. The van der Waals surface area contributed by atoms with E-state index in [1.807, 2.05) is 24.3 Å². The molecule has 1 aromatic carbocycles. The molecule has 1 fully saturated rings. The minimum atomic E-state index is -0.0796. The average molecular weight is 308 g/mol. The second-order valence-corrected chi connectivity index (χ2v) is 5.70. The standard InChI is InChI=1S/C16H22ClN3O/c1-19-10-12-20(13-11-19)9-8-18-16(21)7-6-14-4-2-3-5-15(14)17/h2-7H,8-13H2,1H3,(H,18,21)/b7-6+. The number of benzene rings is 1. The monoisotopic (exact) mass is 307 g/mol. The van der Waals surface area contributed by atoms with Crippen LogP contribution in [0.1, 0.15) is 5.56 Å². The molecule has 1 aliphatic rings. The summed E-state index contributed by atoms with van der Waals surface area (Å²) in [5.74, 6) is -0.0796. The Balaban J connectivity index is 1.69. The van der Waals surface area contributed by atoms with Gasteiger partial charge in [-0.15, -0.1) is 0 Å². The summed E-state index contributed by atoms with van der Waals surface area (Å²) >= 11 is 6.03. The molecule has 0 radical (unpaired) electrons. The number of piperazine rings is 1. The predicted molar refractivity (Wildman–Crippen MR) is 87.4 cm³/mol. The predicted octanol–water partition coefficient (Wildman–Crippen LogP) is 1.72. The summed E-state index contributed by atoms with van der Waals surface area (Å²) in [5, 5.41) is 3.56. The lowest BCUT2D eigenvalue weighted by Gasteiger charge is -2.32. The van der Waals surface area contributed by atoms with Crippen LogP contribution in [0.4, 0.5) is 0 Å². The number of amides is 1. The maximum Gasteiger partial charge on any atom is 0.244 e.